The summed E-state index contributed by atoms with van der Waals surface area (Å²) in [5.41, 5.74) is 1.50. The molecule has 0 aliphatic rings. The first-order valence-corrected chi connectivity index (χ1v) is 13.9. The average Bonchev–Trinajstić information content (AvgIpc) is 3.17. The number of amides is 1. The lowest BCUT2D eigenvalue weighted by atomic mass is 10.2. The number of carbonyl (C=O) groups excluding carboxylic acids is 1. The molecule has 11 heteroatoms. The Balaban J connectivity index is 0.00000456. The van der Waals surface area contributed by atoms with Gasteiger partial charge in [0.1, 0.15) is 10.6 Å². The van der Waals surface area contributed by atoms with Crippen LogP contribution in [0.5, 0.6) is 5.75 Å². The highest BCUT2D eigenvalue weighted by molar-refractivity contribution is 7.87. The van der Waals surface area contributed by atoms with Crippen molar-refractivity contribution in [2.45, 2.75) is 58.5 Å². The van der Waals surface area contributed by atoms with Crippen LogP contribution in [0.15, 0.2) is 47.4 Å². The maximum Gasteiger partial charge on any atom is 0.339 e. The molecule has 2 aromatic carbocycles. The third-order valence-corrected chi connectivity index (χ3v) is 7.68. The molecule has 0 saturated heterocycles. The number of halogens is 1. The summed E-state index contributed by atoms with van der Waals surface area (Å²) in [6, 6.07) is 12.3. The normalized spacial score (nSPS) is 11.8. The van der Waals surface area contributed by atoms with Gasteiger partial charge in [0, 0.05) is 42.8 Å². The third kappa shape index (κ3) is 7.80. The number of anilines is 2. The van der Waals surface area contributed by atoms with Crippen molar-refractivity contribution in [3.8, 4) is 5.75 Å². The number of benzene rings is 2. The van der Waals surface area contributed by atoms with Crippen LogP contribution in [0.1, 0.15) is 41.5 Å². The van der Waals surface area contributed by atoms with Crippen LogP contribution in [0.4, 0.5) is 10.8 Å². The largest absolute Gasteiger partial charge is 0.384 e. The fourth-order valence-corrected chi connectivity index (χ4v) is 5.44. The minimum atomic E-state index is -4.00. The second-order valence-electron chi connectivity index (χ2n) is 9.21. The summed E-state index contributed by atoms with van der Waals surface area (Å²) in [7, 11) is -4.00. The zero-order chi connectivity index (χ0) is 25.8. The van der Waals surface area contributed by atoms with Crippen LogP contribution in [0.2, 0.25) is 0 Å². The number of nitrogens with zero attached hydrogens (tertiary/aromatic N) is 2. The summed E-state index contributed by atoms with van der Waals surface area (Å²) in [4.78, 5) is 18.7. The van der Waals surface area contributed by atoms with Crippen molar-refractivity contribution in [3.05, 3.63) is 42.5 Å². The minimum absolute atomic E-state index is 0. The molecule has 36 heavy (non-hydrogen) atoms. The molecule has 0 spiro atoms. The van der Waals surface area contributed by atoms with Gasteiger partial charge in [-0.15, -0.1) is 12.4 Å². The summed E-state index contributed by atoms with van der Waals surface area (Å²) in [5.74, 6) is -0.104. The molecular weight excluding hydrogens is 520 g/mol. The first-order chi connectivity index (χ1) is 16.5. The zero-order valence-corrected chi connectivity index (χ0v) is 23.9. The van der Waals surface area contributed by atoms with E-state index < -0.39 is 10.1 Å². The minimum Gasteiger partial charge on any atom is -0.384 e. The van der Waals surface area contributed by atoms with Crippen LogP contribution in [0, 0.1) is 5.92 Å². The molecule has 0 fully saturated rings. The summed E-state index contributed by atoms with van der Waals surface area (Å²) in [5, 5.41) is 6.57. The maximum absolute atomic E-state index is 12.8. The van der Waals surface area contributed by atoms with Crippen molar-refractivity contribution in [2.75, 3.05) is 23.7 Å². The highest BCUT2D eigenvalue weighted by Gasteiger charge is 2.18. The van der Waals surface area contributed by atoms with E-state index in [-0.39, 0.29) is 34.9 Å². The molecule has 3 aromatic rings. The Bertz CT molecular complexity index is 1250. The standard InChI is InChI=1S/C25H34N4O4S2.ClH/c1-16(2)24(30)28-25-27-22-12-9-20(15-23(22)34-25)33-35(31,32)21-10-7-19(8-11-21)26-13-14-29(17(3)4)18(5)6;/h7-12,15-18,26H,13-14H2,1-6H3,(H,27,28,30);1H. The van der Waals surface area contributed by atoms with Crippen LogP contribution in [0.25, 0.3) is 10.2 Å². The molecule has 0 unspecified atom stereocenters. The molecule has 1 amide bonds. The van der Waals surface area contributed by atoms with Gasteiger partial charge >= 0.3 is 10.1 Å². The second kappa shape index (κ2) is 12.7. The Labute approximate surface area is 224 Å². The van der Waals surface area contributed by atoms with Crippen molar-refractivity contribution in [1.82, 2.24) is 9.88 Å². The summed E-state index contributed by atoms with van der Waals surface area (Å²) >= 11 is 1.26. The van der Waals surface area contributed by atoms with Crippen molar-refractivity contribution >= 4 is 60.8 Å². The number of carbonyl (C=O) groups is 1. The van der Waals surface area contributed by atoms with Crippen LogP contribution in [-0.4, -0.2) is 49.4 Å². The van der Waals surface area contributed by atoms with Gasteiger partial charge in [-0.25, -0.2) is 4.98 Å². The number of thiazole rings is 1. The predicted molar refractivity (Wildman–Crippen MR) is 150 cm³/mol. The molecule has 0 radical (unpaired) electrons. The van der Waals surface area contributed by atoms with E-state index in [2.05, 4.69) is 48.2 Å². The van der Waals surface area contributed by atoms with E-state index >= 15 is 0 Å². The Morgan fingerprint density at radius 1 is 1.03 bits per heavy atom. The quantitative estimate of drug-likeness (QED) is 0.297. The van der Waals surface area contributed by atoms with Crippen LogP contribution in [0.3, 0.4) is 0 Å². The molecule has 198 valence electrons. The van der Waals surface area contributed by atoms with Crippen LogP contribution >= 0.6 is 23.7 Å². The van der Waals surface area contributed by atoms with Crippen molar-refractivity contribution in [3.63, 3.8) is 0 Å². The molecule has 1 aromatic heterocycles. The van der Waals surface area contributed by atoms with E-state index in [4.69, 9.17) is 4.18 Å². The predicted octanol–water partition coefficient (Wildman–Crippen LogP) is 5.61. The number of rotatable bonds is 11. The van der Waals surface area contributed by atoms with Crippen LogP contribution < -0.4 is 14.8 Å². The summed E-state index contributed by atoms with van der Waals surface area (Å²) < 4.78 is 31.7. The van der Waals surface area contributed by atoms with E-state index in [1.807, 2.05) is 0 Å². The lowest BCUT2D eigenvalue weighted by Crippen LogP contribution is -2.40. The Morgan fingerprint density at radius 2 is 1.67 bits per heavy atom. The number of hydrogen-bond donors (Lipinski definition) is 2. The fourth-order valence-electron chi connectivity index (χ4n) is 3.62. The lowest BCUT2D eigenvalue weighted by molar-refractivity contribution is -0.118. The average molecular weight is 555 g/mol. The molecule has 8 nitrogen and oxygen atoms in total. The molecule has 0 bridgehead atoms. The highest BCUT2D eigenvalue weighted by atomic mass is 35.5. The van der Waals surface area contributed by atoms with E-state index in [0.29, 0.717) is 27.4 Å². The van der Waals surface area contributed by atoms with Gasteiger partial charge in [0.05, 0.1) is 10.2 Å². The SMILES string of the molecule is CC(C)C(=O)Nc1nc2ccc(OS(=O)(=O)c3ccc(NCCN(C(C)C)C(C)C)cc3)cc2s1.Cl. The molecule has 1 heterocycles. The highest BCUT2D eigenvalue weighted by Crippen LogP contribution is 2.31. The molecule has 0 aliphatic heterocycles. The monoisotopic (exact) mass is 554 g/mol. The lowest BCUT2D eigenvalue weighted by Gasteiger charge is -2.30. The van der Waals surface area contributed by atoms with E-state index in [1.165, 1.54) is 23.5 Å². The molecule has 0 saturated carbocycles. The van der Waals surface area contributed by atoms with Crippen molar-refractivity contribution in [1.29, 1.82) is 0 Å². The number of hydrogen-bond acceptors (Lipinski definition) is 8. The van der Waals surface area contributed by atoms with Gasteiger partial charge < -0.3 is 14.8 Å². The smallest absolute Gasteiger partial charge is 0.339 e. The van der Waals surface area contributed by atoms with Gasteiger partial charge in [-0.1, -0.05) is 25.2 Å². The molecule has 0 aliphatic carbocycles. The van der Waals surface area contributed by atoms with Gasteiger partial charge in [0.25, 0.3) is 0 Å². The molecule has 2 N–H and O–H groups in total. The fraction of sp³-hybridized carbons (Fsp3) is 0.440. The van der Waals surface area contributed by atoms with Gasteiger partial charge in [-0.05, 0) is 64.1 Å². The van der Waals surface area contributed by atoms with Gasteiger partial charge in [0.2, 0.25) is 5.91 Å². The van der Waals surface area contributed by atoms with Crippen molar-refractivity contribution in [2.24, 2.45) is 5.92 Å². The Hall–Kier alpha value is -2.40. The maximum atomic E-state index is 12.8. The van der Waals surface area contributed by atoms with Gasteiger partial charge in [-0.3, -0.25) is 9.69 Å². The molecule has 3 rings (SSSR count). The number of aromatic nitrogens is 1. The number of fused-ring (bicyclic) bond motifs is 1. The Kier molecular flexibility index (Phi) is 10.5. The summed E-state index contributed by atoms with van der Waals surface area (Å²) in [6.07, 6.45) is 0. The zero-order valence-electron chi connectivity index (χ0n) is 21.4. The van der Waals surface area contributed by atoms with Crippen molar-refractivity contribution < 1.29 is 17.4 Å². The van der Waals surface area contributed by atoms with E-state index in [0.717, 1.165) is 18.8 Å². The van der Waals surface area contributed by atoms with Gasteiger partial charge in [-0.2, -0.15) is 8.42 Å². The van der Waals surface area contributed by atoms with Gasteiger partial charge in [0.15, 0.2) is 5.13 Å². The summed E-state index contributed by atoms with van der Waals surface area (Å²) in [6.45, 7) is 14.0. The molecule has 0 atom stereocenters. The third-order valence-electron chi connectivity index (χ3n) is 5.49. The Morgan fingerprint density at radius 3 is 2.25 bits per heavy atom. The van der Waals surface area contributed by atoms with E-state index in [9.17, 15) is 13.2 Å². The first kappa shape index (κ1) is 29.8. The van der Waals surface area contributed by atoms with Crippen LogP contribution in [-0.2, 0) is 14.9 Å². The second-order valence-corrected chi connectivity index (χ2v) is 11.8. The van der Waals surface area contributed by atoms with E-state index in [1.54, 1.807) is 44.2 Å². The topological polar surface area (TPSA) is 101 Å². The number of nitrogens with one attached hydrogen (secondary N) is 2. The molecular formula is C25H35ClN4O4S2. The first-order valence-electron chi connectivity index (χ1n) is 11.7.